The van der Waals surface area contributed by atoms with Crippen LogP contribution < -0.4 is 5.48 Å². The summed E-state index contributed by atoms with van der Waals surface area (Å²) < 4.78 is 0. The van der Waals surface area contributed by atoms with Gasteiger partial charge in [-0.25, -0.2) is 4.99 Å². The topological polar surface area (TPSA) is 44.6 Å². The van der Waals surface area contributed by atoms with E-state index in [1.54, 1.807) is 0 Å². The van der Waals surface area contributed by atoms with Gasteiger partial charge in [0.1, 0.15) is 5.84 Å². The molecule has 0 aliphatic heterocycles. The number of hydroxylamine groups is 1. The van der Waals surface area contributed by atoms with Gasteiger partial charge in [-0.3, -0.25) is 10.7 Å². The Kier molecular flexibility index (Phi) is 4.15. The third-order valence-corrected chi connectivity index (χ3v) is 3.39. The van der Waals surface area contributed by atoms with E-state index in [0.717, 1.165) is 18.5 Å². The summed E-state index contributed by atoms with van der Waals surface area (Å²) in [4.78, 5) is 4.50. The molecule has 2 rings (SSSR count). The lowest BCUT2D eigenvalue weighted by Crippen LogP contribution is -2.29. The summed E-state index contributed by atoms with van der Waals surface area (Å²) in [5, 5.41) is 9.21. The maximum absolute atomic E-state index is 9.21. The highest BCUT2D eigenvalue weighted by molar-refractivity contribution is 5.86. The fourth-order valence-corrected chi connectivity index (χ4v) is 2.34. The first-order valence-corrected chi connectivity index (χ1v) is 6.35. The van der Waals surface area contributed by atoms with Crippen molar-refractivity contribution in [2.75, 3.05) is 0 Å². The maximum atomic E-state index is 9.21. The molecule has 0 radical (unpaired) electrons. The number of benzene rings is 1. The highest BCUT2D eigenvalue weighted by Gasteiger charge is 2.18. The first-order valence-electron chi connectivity index (χ1n) is 6.35. The summed E-state index contributed by atoms with van der Waals surface area (Å²) in [7, 11) is 0. The average molecular weight is 232 g/mol. The lowest BCUT2D eigenvalue weighted by Gasteiger charge is -2.22. The van der Waals surface area contributed by atoms with Crippen LogP contribution >= 0.6 is 0 Å². The highest BCUT2D eigenvalue weighted by Crippen LogP contribution is 2.25. The Hall–Kier alpha value is -1.35. The van der Waals surface area contributed by atoms with E-state index in [0.29, 0.717) is 11.8 Å². The number of nitrogens with zero attached hydrogens (tertiary/aromatic N) is 1. The van der Waals surface area contributed by atoms with Crippen LogP contribution in [0.1, 0.15) is 37.7 Å². The smallest absolute Gasteiger partial charge is 0.129 e. The molecule has 1 aromatic rings. The van der Waals surface area contributed by atoms with Gasteiger partial charge in [0, 0.05) is 5.92 Å². The molecular formula is C14H20N2O. The van der Waals surface area contributed by atoms with Gasteiger partial charge in [0.25, 0.3) is 0 Å². The maximum Gasteiger partial charge on any atom is 0.129 e. The molecule has 1 aliphatic rings. The monoisotopic (exact) mass is 232 g/mol. The van der Waals surface area contributed by atoms with Gasteiger partial charge in [-0.05, 0) is 31.9 Å². The van der Waals surface area contributed by atoms with Crippen LogP contribution in [0.25, 0.3) is 0 Å². The Bertz CT molecular complexity index is 378. The summed E-state index contributed by atoms with van der Waals surface area (Å²) in [6, 6.07) is 8.04. The van der Waals surface area contributed by atoms with Gasteiger partial charge >= 0.3 is 0 Å². The molecule has 0 aromatic heterocycles. The molecule has 0 amide bonds. The molecule has 1 saturated carbocycles. The van der Waals surface area contributed by atoms with Crippen LogP contribution in [0.4, 0.5) is 5.69 Å². The summed E-state index contributed by atoms with van der Waals surface area (Å²) in [6.07, 6.45) is 6.02. The SMILES string of the molecule is Cc1ccc(N=C(NO)C2CCCCC2)cc1. The fraction of sp³-hybridized carbons (Fsp3) is 0.500. The third-order valence-electron chi connectivity index (χ3n) is 3.39. The number of amidine groups is 1. The van der Waals surface area contributed by atoms with Gasteiger partial charge in [0.2, 0.25) is 0 Å². The predicted octanol–water partition coefficient (Wildman–Crippen LogP) is 3.58. The Morgan fingerprint density at radius 1 is 1.18 bits per heavy atom. The molecule has 0 spiro atoms. The average Bonchev–Trinajstić information content (AvgIpc) is 2.39. The van der Waals surface area contributed by atoms with Gasteiger partial charge in [0.05, 0.1) is 5.69 Å². The normalized spacial score (nSPS) is 18.1. The fourth-order valence-electron chi connectivity index (χ4n) is 2.34. The molecule has 3 heteroatoms. The second kappa shape index (κ2) is 5.82. The number of rotatable bonds is 2. The summed E-state index contributed by atoms with van der Waals surface area (Å²) in [5.74, 6) is 1.10. The minimum Gasteiger partial charge on any atom is -0.290 e. The van der Waals surface area contributed by atoms with Crippen LogP contribution in [0.3, 0.4) is 0 Å². The number of aryl methyl sites for hydroxylation is 1. The molecule has 1 fully saturated rings. The molecule has 0 heterocycles. The molecule has 92 valence electrons. The van der Waals surface area contributed by atoms with Crippen molar-refractivity contribution < 1.29 is 5.21 Å². The molecule has 0 atom stereocenters. The van der Waals surface area contributed by atoms with Crippen LogP contribution in [0.5, 0.6) is 0 Å². The van der Waals surface area contributed by atoms with E-state index in [1.165, 1.54) is 24.8 Å². The van der Waals surface area contributed by atoms with E-state index < -0.39 is 0 Å². The molecule has 0 saturated heterocycles. The number of aliphatic imine (C=N–C) groups is 1. The van der Waals surface area contributed by atoms with Crippen LogP contribution in [-0.2, 0) is 0 Å². The van der Waals surface area contributed by atoms with Crippen molar-refractivity contribution in [3.05, 3.63) is 29.8 Å². The third kappa shape index (κ3) is 3.30. The van der Waals surface area contributed by atoms with Crippen molar-refractivity contribution in [3.63, 3.8) is 0 Å². The van der Waals surface area contributed by atoms with Crippen molar-refractivity contribution in [1.82, 2.24) is 5.48 Å². The molecule has 17 heavy (non-hydrogen) atoms. The summed E-state index contributed by atoms with van der Waals surface area (Å²) in [5.41, 5.74) is 4.41. The van der Waals surface area contributed by atoms with Gasteiger partial charge < -0.3 is 0 Å². The standard InChI is InChI=1S/C14H20N2O/c1-11-7-9-13(10-8-11)15-14(16-17)12-5-3-2-4-6-12/h7-10,12,17H,2-6H2,1H3,(H,15,16). The minimum absolute atomic E-state index is 0.384. The molecule has 1 aromatic carbocycles. The van der Waals surface area contributed by atoms with Crippen LogP contribution in [0.15, 0.2) is 29.3 Å². The van der Waals surface area contributed by atoms with Crippen molar-refractivity contribution in [2.45, 2.75) is 39.0 Å². The van der Waals surface area contributed by atoms with Crippen LogP contribution in [-0.4, -0.2) is 11.0 Å². The Labute approximate surface area is 103 Å². The van der Waals surface area contributed by atoms with Gasteiger partial charge in [-0.2, -0.15) is 0 Å². The lowest BCUT2D eigenvalue weighted by molar-refractivity contribution is 0.222. The summed E-state index contributed by atoms with van der Waals surface area (Å²) in [6.45, 7) is 2.06. The van der Waals surface area contributed by atoms with Crippen molar-refractivity contribution in [3.8, 4) is 0 Å². The highest BCUT2D eigenvalue weighted by atomic mass is 16.5. The largest absolute Gasteiger partial charge is 0.290 e. The molecule has 2 N–H and O–H groups in total. The van der Waals surface area contributed by atoms with Gasteiger partial charge in [-0.1, -0.05) is 37.0 Å². The lowest BCUT2D eigenvalue weighted by atomic mass is 9.88. The molecule has 0 unspecified atom stereocenters. The second-order valence-corrected chi connectivity index (χ2v) is 4.78. The van der Waals surface area contributed by atoms with Crippen LogP contribution in [0, 0.1) is 12.8 Å². The van der Waals surface area contributed by atoms with E-state index in [9.17, 15) is 5.21 Å². The Morgan fingerprint density at radius 3 is 2.41 bits per heavy atom. The predicted molar refractivity (Wildman–Crippen MR) is 69.8 cm³/mol. The minimum atomic E-state index is 0.384. The van der Waals surface area contributed by atoms with E-state index in [1.807, 2.05) is 24.3 Å². The van der Waals surface area contributed by atoms with Crippen molar-refractivity contribution >= 4 is 11.5 Å². The van der Waals surface area contributed by atoms with Crippen molar-refractivity contribution in [1.29, 1.82) is 0 Å². The first-order chi connectivity index (χ1) is 8.29. The molecule has 3 nitrogen and oxygen atoms in total. The van der Waals surface area contributed by atoms with Crippen LogP contribution in [0.2, 0.25) is 0 Å². The van der Waals surface area contributed by atoms with Crippen molar-refractivity contribution in [2.24, 2.45) is 10.9 Å². The van der Waals surface area contributed by atoms with E-state index >= 15 is 0 Å². The first kappa shape index (κ1) is 12.1. The van der Waals surface area contributed by atoms with E-state index in [2.05, 4.69) is 17.4 Å². The second-order valence-electron chi connectivity index (χ2n) is 4.78. The number of hydrogen-bond donors (Lipinski definition) is 2. The molecular weight excluding hydrogens is 212 g/mol. The zero-order valence-corrected chi connectivity index (χ0v) is 10.3. The number of nitrogens with one attached hydrogen (secondary N) is 1. The van der Waals surface area contributed by atoms with E-state index in [-0.39, 0.29) is 0 Å². The van der Waals surface area contributed by atoms with Gasteiger partial charge in [-0.15, -0.1) is 0 Å². The Balaban J connectivity index is 2.13. The number of hydrogen-bond acceptors (Lipinski definition) is 2. The zero-order valence-electron chi connectivity index (χ0n) is 10.3. The quantitative estimate of drug-likeness (QED) is 0.465. The summed E-state index contributed by atoms with van der Waals surface area (Å²) >= 11 is 0. The molecule has 1 aliphatic carbocycles. The molecule has 0 bridgehead atoms. The Morgan fingerprint density at radius 2 is 1.82 bits per heavy atom. The van der Waals surface area contributed by atoms with E-state index in [4.69, 9.17) is 0 Å². The van der Waals surface area contributed by atoms with Gasteiger partial charge in [0.15, 0.2) is 0 Å². The zero-order chi connectivity index (χ0) is 12.1.